The van der Waals surface area contributed by atoms with E-state index in [-0.39, 0.29) is 16.5 Å². The van der Waals surface area contributed by atoms with Crippen molar-refractivity contribution in [2.24, 2.45) is 0 Å². The van der Waals surface area contributed by atoms with E-state index in [4.69, 9.17) is 9.47 Å². The lowest BCUT2D eigenvalue weighted by Gasteiger charge is -2.15. The predicted molar refractivity (Wildman–Crippen MR) is 113 cm³/mol. The number of ether oxygens (including phenoxy) is 2. The molecule has 7 nitrogen and oxygen atoms in total. The fourth-order valence-corrected chi connectivity index (χ4v) is 3.52. The van der Waals surface area contributed by atoms with E-state index in [1.165, 1.54) is 39.4 Å². The second-order valence-corrected chi connectivity index (χ2v) is 8.84. The summed E-state index contributed by atoms with van der Waals surface area (Å²) in [6, 6.07) is 11.1. The number of rotatable bonds is 10. The molecule has 0 saturated heterocycles. The van der Waals surface area contributed by atoms with E-state index in [1.54, 1.807) is 24.3 Å². The van der Waals surface area contributed by atoms with E-state index in [0.29, 0.717) is 23.7 Å². The van der Waals surface area contributed by atoms with Crippen molar-refractivity contribution >= 4 is 21.6 Å². The Labute approximate surface area is 172 Å². The lowest BCUT2D eigenvalue weighted by Crippen LogP contribution is -2.22. The fraction of sp³-hybridized carbons (Fsp3) is 0.381. The van der Waals surface area contributed by atoms with Gasteiger partial charge >= 0.3 is 0 Å². The van der Waals surface area contributed by atoms with Gasteiger partial charge in [0.15, 0.2) is 0 Å². The van der Waals surface area contributed by atoms with Crippen molar-refractivity contribution in [1.29, 1.82) is 0 Å². The van der Waals surface area contributed by atoms with E-state index >= 15 is 0 Å². The monoisotopic (exact) mass is 420 g/mol. The summed E-state index contributed by atoms with van der Waals surface area (Å²) in [6.45, 7) is 2.78. The molecule has 0 atom stereocenters. The first kappa shape index (κ1) is 22.7. The normalized spacial score (nSPS) is 11.3. The Morgan fingerprint density at radius 3 is 2.34 bits per heavy atom. The molecule has 0 saturated carbocycles. The molecule has 0 aliphatic carbocycles. The predicted octanol–water partition coefficient (Wildman–Crippen LogP) is 3.77. The number of amides is 1. The molecule has 0 bridgehead atoms. The summed E-state index contributed by atoms with van der Waals surface area (Å²) in [5.74, 6) is 0.696. The maximum absolute atomic E-state index is 12.6. The highest BCUT2D eigenvalue weighted by molar-refractivity contribution is 7.89. The molecule has 0 radical (unpaired) electrons. The average molecular weight is 421 g/mol. The van der Waals surface area contributed by atoms with Crippen molar-refractivity contribution in [3.05, 3.63) is 48.0 Å². The number of nitrogens with zero attached hydrogens (tertiary/aromatic N) is 1. The molecule has 0 aliphatic rings. The Bertz CT molecular complexity index is 925. The minimum Gasteiger partial charge on any atom is -0.495 e. The maximum Gasteiger partial charge on any atom is 0.255 e. The van der Waals surface area contributed by atoms with Crippen molar-refractivity contribution < 1.29 is 22.7 Å². The summed E-state index contributed by atoms with van der Waals surface area (Å²) in [4.78, 5) is 12.7. The topological polar surface area (TPSA) is 84.9 Å². The van der Waals surface area contributed by atoms with Crippen LogP contribution in [0.15, 0.2) is 47.4 Å². The van der Waals surface area contributed by atoms with Gasteiger partial charge in [-0.05, 0) is 48.9 Å². The molecule has 8 heteroatoms. The molecule has 0 aliphatic heterocycles. The van der Waals surface area contributed by atoms with Crippen molar-refractivity contribution in [3.63, 3.8) is 0 Å². The SMILES string of the molecule is CCCCCOc1ccc(C(=O)Nc2cc(S(=O)(=O)N(C)C)ccc2OC)cc1. The van der Waals surface area contributed by atoms with Gasteiger partial charge in [-0.15, -0.1) is 0 Å². The molecule has 0 spiro atoms. The van der Waals surface area contributed by atoms with Gasteiger partial charge < -0.3 is 14.8 Å². The van der Waals surface area contributed by atoms with Crippen LogP contribution in [0, 0.1) is 0 Å². The highest BCUT2D eigenvalue weighted by Gasteiger charge is 2.20. The third kappa shape index (κ3) is 5.95. The number of anilines is 1. The zero-order valence-electron chi connectivity index (χ0n) is 17.3. The van der Waals surface area contributed by atoms with E-state index in [1.807, 2.05) is 0 Å². The summed E-state index contributed by atoms with van der Waals surface area (Å²) in [5, 5.41) is 2.72. The number of sulfonamides is 1. The molecule has 2 aromatic carbocycles. The minimum atomic E-state index is -3.63. The molecule has 0 unspecified atom stereocenters. The quantitative estimate of drug-likeness (QED) is 0.592. The lowest BCUT2D eigenvalue weighted by atomic mass is 10.2. The zero-order valence-corrected chi connectivity index (χ0v) is 18.1. The van der Waals surface area contributed by atoms with Crippen LogP contribution in [0.2, 0.25) is 0 Å². The van der Waals surface area contributed by atoms with Gasteiger partial charge in [0.2, 0.25) is 10.0 Å². The van der Waals surface area contributed by atoms with Crippen LogP contribution in [0.5, 0.6) is 11.5 Å². The van der Waals surface area contributed by atoms with Crippen LogP contribution in [0.25, 0.3) is 0 Å². The number of hydrogen-bond acceptors (Lipinski definition) is 5. The molecule has 1 amide bonds. The summed E-state index contributed by atoms with van der Waals surface area (Å²) in [5.41, 5.74) is 0.703. The van der Waals surface area contributed by atoms with Crippen LogP contribution in [0.1, 0.15) is 36.5 Å². The second kappa shape index (κ2) is 10.3. The van der Waals surface area contributed by atoms with E-state index < -0.39 is 10.0 Å². The molecule has 0 aromatic heterocycles. The molecule has 0 fully saturated rings. The number of carbonyl (C=O) groups is 1. The molecule has 2 rings (SSSR count). The van der Waals surface area contributed by atoms with E-state index in [9.17, 15) is 13.2 Å². The van der Waals surface area contributed by atoms with Crippen molar-refractivity contribution in [3.8, 4) is 11.5 Å². The number of hydrogen-bond donors (Lipinski definition) is 1. The molecule has 29 heavy (non-hydrogen) atoms. The Hall–Kier alpha value is -2.58. The highest BCUT2D eigenvalue weighted by atomic mass is 32.2. The first-order valence-electron chi connectivity index (χ1n) is 9.44. The van der Waals surface area contributed by atoms with Gasteiger partial charge in [-0.2, -0.15) is 0 Å². The van der Waals surface area contributed by atoms with Gasteiger partial charge in [-0.1, -0.05) is 19.8 Å². The van der Waals surface area contributed by atoms with Crippen LogP contribution < -0.4 is 14.8 Å². The smallest absolute Gasteiger partial charge is 0.255 e. The van der Waals surface area contributed by atoms with Gasteiger partial charge in [0.25, 0.3) is 5.91 Å². The number of nitrogens with one attached hydrogen (secondary N) is 1. The Balaban J connectivity index is 2.15. The third-order valence-corrected chi connectivity index (χ3v) is 6.14. The average Bonchev–Trinajstić information content (AvgIpc) is 2.71. The zero-order chi connectivity index (χ0) is 21.4. The largest absolute Gasteiger partial charge is 0.495 e. The standard InChI is InChI=1S/C21H28N2O5S/c1-5-6-7-14-28-17-10-8-16(9-11-17)21(24)22-19-15-18(12-13-20(19)27-4)29(25,26)23(2)3/h8-13,15H,5-7,14H2,1-4H3,(H,22,24). The summed E-state index contributed by atoms with van der Waals surface area (Å²) in [6.07, 6.45) is 3.23. The van der Waals surface area contributed by atoms with Crippen LogP contribution >= 0.6 is 0 Å². The first-order valence-corrected chi connectivity index (χ1v) is 10.9. The summed E-state index contributed by atoms with van der Waals surface area (Å²) < 4.78 is 36.7. The van der Waals surface area contributed by atoms with Gasteiger partial charge in [0.05, 0.1) is 24.3 Å². The third-order valence-electron chi connectivity index (χ3n) is 4.33. The number of unbranched alkanes of at least 4 members (excludes halogenated alkanes) is 2. The second-order valence-electron chi connectivity index (χ2n) is 6.68. The summed E-state index contributed by atoms with van der Waals surface area (Å²) in [7, 11) is 0.717. The van der Waals surface area contributed by atoms with Crippen LogP contribution in [0.4, 0.5) is 5.69 Å². The minimum absolute atomic E-state index is 0.0643. The maximum atomic E-state index is 12.6. The Kier molecular flexibility index (Phi) is 8.04. The number of benzene rings is 2. The molecule has 1 N–H and O–H groups in total. The van der Waals surface area contributed by atoms with Gasteiger partial charge in [0.1, 0.15) is 11.5 Å². The molecule has 0 heterocycles. The molecule has 158 valence electrons. The van der Waals surface area contributed by atoms with Crippen LogP contribution in [-0.2, 0) is 10.0 Å². The summed E-state index contributed by atoms with van der Waals surface area (Å²) >= 11 is 0. The molecular weight excluding hydrogens is 392 g/mol. The van der Waals surface area contributed by atoms with Gasteiger partial charge in [-0.25, -0.2) is 12.7 Å². The van der Waals surface area contributed by atoms with Crippen molar-refractivity contribution in [2.75, 3.05) is 33.1 Å². The van der Waals surface area contributed by atoms with E-state index in [2.05, 4.69) is 12.2 Å². The Morgan fingerprint density at radius 2 is 1.76 bits per heavy atom. The number of methoxy groups -OCH3 is 1. The van der Waals surface area contributed by atoms with Crippen LogP contribution in [-0.4, -0.2) is 46.4 Å². The molecular formula is C21H28N2O5S. The van der Waals surface area contributed by atoms with Gasteiger partial charge in [0, 0.05) is 19.7 Å². The number of carbonyl (C=O) groups excluding carboxylic acids is 1. The van der Waals surface area contributed by atoms with Gasteiger partial charge in [-0.3, -0.25) is 4.79 Å². The first-order chi connectivity index (χ1) is 13.8. The Morgan fingerprint density at radius 1 is 1.07 bits per heavy atom. The van der Waals surface area contributed by atoms with Crippen LogP contribution in [0.3, 0.4) is 0 Å². The molecule has 2 aromatic rings. The van der Waals surface area contributed by atoms with Crippen molar-refractivity contribution in [2.45, 2.75) is 31.1 Å². The lowest BCUT2D eigenvalue weighted by molar-refractivity contribution is 0.102. The fourth-order valence-electron chi connectivity index (χ4n) is 2.60. The van der Waals surface area contributed by atoms with Crippen molar-refractivity contribution in [1.82, 2.24) is 4.31 Å². The van der Waals surface area contributed by atoms with E-state index in [0.717, 1.165) is 23.6 Å². The highest BCUT2D eigenvalue weighted by Crippen LogP contribution is 2.29.